The molecule has 0 aliphatic heterocycles. The molecule has 0 spiro atoms. The Bertz CT molecular complexity index is 2600. The molecule has 2 heterocycles. The molecule has 0 fully saturated rings. The summed E-state index contributed by atoms with van der Waals surface area (Å²) in [6.45, 7) is 12.6. The van der Waals surface area contributed by atoms with Gasteiger partial charge in [0.05, 0.1) is 37.6 Å². The van der Waals surface area contributed by atoms with Gasteiger partial charge in [-0.2, -0.15) is 0 Å². The first kappa shape index (κ1) is 38.3. The average molecular weight is 796 g/mol. The molecule has 55 heavy (non-hydrogen) atoms. The van der Waals surface area contributed by atoms with Crippen molar-refractivity contribution >= 4 is 49.4 Å². The third-order valence-corrected chi connectivity index (χ3v) is 10.3. The van der Waals surface area contributed by atoms with Crippen molar-refractivity contribution < 1.29 is 9.85 Å². The van der Waals surface area contributed by atoms with Crippen molar-refractivity contribution in [2.45, 2.75) is 41.5 Å². The summed E-state index contributed by atoms with van der Waals surface area (Å²) >= 11 is 3.51. The van der Waals surface area contributed by atoms with E-state index in [4.69, 9.17) is 4.98 Å². The molecule has 8 aromatic rings. The number of hydrogen-bond acceptors (Lipinski definition) is 6. The van der Waals surface area contributed by atoms with Crippen LogP contribution in [-0.2, 0) is 0 Å². The molecular formula is C44H39BrN6O4. The van der Waals surface area contributed by atoms with Crippen LogP contribution < -0.4 is 0 Å². The van der Waals surface area contributed by atoms with E-state index in [1.807, 2.05) is 42.5 Å². The number of nitrogens with zero attached hydrogens (tertiary/aromatic N) is 5. The molecule has 0 saturated carbocycles. The second-order valence-corrected chi connectivity index (χ2v) is 14.2. The van der Waals surface area contributed by atoms with Crippen LogP contribution >= 0.6 is 15.9 Å². The van der Waals surface area contributed by atoms with E-state index >= 15 is 0 Å². The number of H-pyrrole nitrogens is 1. The molecule has 10 nitrogen and oxygen atoms in total. The number of non-ortho nitro benzene ring substituents is 2. The molecule has 276 valence electrons. The number of aryl methyl sites for hydroxylation is 6. The molecular weight excluding hydrogens is 756 g/mol. The first-order valence-electron chi connectivity index (χ1n) is 17.5. The number of hydrogen-bond donors (Lipinski definition) is 1. The van der Waals surface area contributed by atoms with Crippen LogP contribution in [0.25, 0.3) is 50.5 Å². The number of halogens is 1. The Morgan fingerprint density at radius 3 is 1.58 bits per heavy atom. The molecule has 2 aromatic heterocycles. The Morgan fingerprint density at radius 1 is 0.582 bits per heavy atom. The summed E-state index contributed by atoms with van der Waals surface area (Å²) in [6, 6.07) is 37.3. The number of rotatable bonds is 5. The Labute approximate surface area is 327 Å². The van der Waals surface area contributed by atoms with E-state index in [-0.39, 0.29) is 16.3 Å². The van der Waals surface area contributed by atoms with Crippen molar-refractivity contribution in [1.82, 2.24) is 19.5 Å². The van der Waals surface area contributed by atoms with E-state index in [9.17, 15) is 20.2 Å². The van der Waals surface area contributed by atoms with Crippen molar-refractivity contribution in [1.29, 1.82) is 0 Å². The molecule has 6 aromatic carbocycles. The van der Waals surface area contributed by atoms with E-state index in [1.54, 1.807) is 24.3 Å². The van der Waals surface area contributed by atoms with Crippen LogP contribution in [0.1, 0.15) is 33.4 Å². The molecule has 1 N–H and O–H groups in total. The summed E-state index contributed by atoms with van der Waals surface area (Å²) in [4.78, 5) is 33.2. The number of aromatic amines is 1. The van der Waals surface area contributed by atoms with Gasteiger partial charge in [0.15, 0.2) is 0 Å². The molecule has 0 bridgehead atoms. The van der Waals surface area contributed by atoms with E-state index in [1.165, 1.54) is 62.1 Å². The minimum atomic E-state index is -0.414. The fourth-order valence-corrected chi connectivity index (χ4v) is 6.93. The number of imidazole rings is 2. The summed E-state index contributed by atoms with van der Waals surface area (Å²) in [5.41, 5.74) is 14.2. The zero-order valence-electron chi connectivity index (χ0n) is 31.3. The Morgan fingerprint density at radius 2 is 1.05 bits per heavy atom. The van der Waals surface area contributed by atoms with Gasteiger partial charge >= 0.3 is 0 Å². The Balaban J connectivity index is 0.000000157. The molecule has 0 aliphatic carbocycles. The molecule has 0 saturated heterocycles. The number of para-hydroxylation sites is 4. The fraction of sp³-hybridized carbons (Fsp3) is 0.136. The highest BCUT2D eigenvalue weighted by molar-refractivity contribution is 9.10. The average Bonchev–Trinajstić information content (AvgIpc) is 3.77. The largest absolute Gasteiger partial charge is 0.338 e. The first-order valence-corrected chi connectivity index (χ1v) is 18.3. The topological polar surface area (TPSA) is 133 Å². The van der Waals surface area contributed by atoms with Gasteiger partial charge in [-0.05, 0) is 112 Å². The van der Waals surface area contributed by atoms with Crippen LogP contribution in [0.15, 0.2) is 126 Å². The zero-order valence-corrected chi connectivity index (χ0v) is 32.9. The summed E-state index contributed by atoms with van der Waals surface area (Å²) in [7, 11) is 0. The van der Waals surface area contributed by atoms with E-state index in [0.29, 0.717) is 5.82 Å². The van der Waals surface area contributed by atoms with E-state index < -0.39 is 4.92 Å². The lowest BCUT2D eigenvalue weighted by molar-refractivity contribution is -0.385. The first-order chi connectivity index (χ1) is 26.3. The maximum Gasteiger partial charge on any atom is 0.269 e. The van der Waals surface area contributed by atoms with Crippen LogP contribution in [0.4, 0.5) is 11.4 Å². The van der Waals surface area contributed by atoms with Crippen molar-refractivity contribution in [3.8, 4) is 28.5 Å². The zero-order chi connectivity index (χ0) is 39.4. The van der Waals surface area contributed by atoms with Crippen molar-refractivity contribution in [2.24, 2.45) is 0 Å². The summed E-state index contributed by atoms with van der Waals surface area (Å²) < 4.78 is 3.39. The molecule has 0 atom stereocenters. The van der Waals surface area contributed by atoms with E-state index in [0.717, 1.165) is 44.7 Å². The minimum absolute atomic E-state index is 0.0732. The van der Waals surface area contributed by atoms with Gasteiger partial charge in [-0.25, -0.2) is 9.97 Å². The van der Waals surface area contributed by atoms with Gasteiger partial charge < -0.3 is 4.98 Å². The summed E-state index contributed by atoms with van der Waals surface area (Å²) in [5, 5.41) is 21.6. The highest BCUT2D eigenvalue weighted by atomic mass is 79.9. The lowest BCUT2D eigenvalue weighted by Crippen LogP contribution is -2.03. The molecule has 11 heteroatoms. The Kier molecular flexibility index (Phi) is 11.3. The van der Waals surface area contributed by atoms with Crippen LogP contribution in [0.3, 0.4) is 0 Å². The minimum Gasteiger partial charge on any atom is -0.338 e. The number of nitrogens with one attached hydrogen (secondary N) is 1. The number of fused-ring (bicyclic) bond motifs is 2. The summed E-state index contributed by atoms with van der Waals surface area (Å²) in [6.07, 6.45) is 0. The lowest BCUT2D eigenvalue weighted by atomic mass is 10.0. The van der Waals surface area contributed by atoms with Crippen LogP contribution in [0, 0.1) is 61.8 Å². The van der Waals surface area contributed by atoms with Gasteiger partial charge in [0.2, 0.25) is 0 Å². The monoisotopic (exact) mass is 794 g/mol. The molecule has 0 aliphatic rings. The van der Waals surface area contributed by atoms with Crippen LogP contribution in [0.5, 0.6) is 0 Å². The highest BCUT2D eigenvalue weighted by Gasteiger charge is 2.18. The fourth-order valence-electron chi connectivity index (χ4n) is 6.70. The standard InChI is InChI=1S/C22H19N3O2.C13H9N3O2.C9H11Br/c1-14-12-15(2)21(16(3)13-14)24-20-7-5-4-6-19(20)23-22(24)17-8-10-18(11-9-17)25(26)27;17-16(18)10-7-5-9(6-8-10)13-14-11-3-1-2-4-12(11)15-13;1-6-4-7(2)9(10)8(3)5-6/h4-13H,1-3H3;1-8H,(H,14,15);4-5H,1-3H3. The number of aromatic nitrogens is 4. The highest BCUT2D eigenvalue weighted by Crippen LogP contribution is 2.33. The van der Waals surface area contributed by atoms with Gasteiger partial charge in [-0.15, -0.1) is 0 Å². The van der Waals surface area contributed by atoms with Gasteiger partial charge in [-0.3, -0.25) is 24.8 Å². The Hall–Kier alpha value is -6.46. The van der Waals surface area contributed by atoms with Crippen LogP contribution in [0.2, 0.25) is 0 Å². The third kappa shape index (κ3) is 8.53. The normalized spacial score (nSPS) is 10.7. The number of nitro benzene ring substituents is 2. The van der Waals surface area contributed by atoms with Gasteiger partial charge in [-0.1, -0.05) is 75.6 Å². The molecule has 0 unspecified atom stereocenters. The number of nitro groups is 2. The smallest absolute Gasteiger partial charge is 0.269 e. The van der Waals surface area contributed by atoms with Crippen molar-refractivity contribution in [3.05, 3.63) is 179 Å². The van der Waals surface area contributed by atoms with Crippen molar-refractivity contribution in [3.63, 3.8) is 0 Å². The second-order valence-electron chi connectivity index (χ2n) is 13.4. The maximum atomic E-state index is 11.0. The number of benzene rings is 6. The quantitative estimate of drug-likeness (QED) is 0.136. The third-order valence-electron chi connectivity index (χ3n) is 9.08. The van der Waals surface area contributed by atoms with Gasteiger partial charge in [0.1, 0.15) is 11.6 Å². The SMILES string of the molecule is Cc1cc(C)c(-n2c(-c3ccc([N+](=O)[O-])cc3)nc3ccccc32)c(C)c1.Cc1cc(C)c(Br)c(C)c1.O=[N+]([O-])c1ccc(-c2nc3ccccc3[nH]2)cc1. The second kappa shape index (κ2) is 16.3. The maximum absolute atomic E-state index is 11.0. The molecule has 8 rings (SSSR count). The van der Waals surface area contributed by atoms with Gasteiger partial charge in [0, 0.05) is 39.9 Å². The van der Waals surface area contributed by atoms with Crippen LogP contribution in [-0.4, -0.2) is 29.4 Å². The van der Waals surface area contributed by atoms with E-state index in [2.05, 4.69) is 102 Å². The molecule has 0 amide bonds. The lowest BCUT2D eigenvalue weighted by Gasteiger charge is -2.16. The van der Waals surface area contributed by atoms with Gasteiger partial charge in [0.25, 0.3) is 11.4 Å². The van der Waals surface area contributed by atoms with Crippen molar-refractivity contribution in [2.75, 3.05) is 0 Å². The predicted octanol–water partition coefficient (Wildman–Crippen LogP) is 12.0. The predicted molar refractivity (Wildman–Crippen MR) is 224 cm³/mol. The summed E-state index contributed by atoms with van der Waals surface area (Å²) in [5.74, 6) is 1.49. The molecule has 0 radical (unpaired) electrons.